The number of piperidine rings is 1. The van der Waals surface area contributed by atoms with Crippen LogP contribution in [0.4, 0.5) is 5.69 Å². The van der Waals surface area contributed by atoms with Crippen LogP contribution in [-0.4, -0.2) is 50.6 Å². The maximum Gasteiger partial charge on any atom is 0.350 e. The minimum absolute atomic E-state index is 0.00339. The third-order valence-corrected chi connectivity index (χ3v) is 5.86. The van der Waals surface area contributed by atoms with E-state index in [1.165, 1.54) is 11.6 Å². The lowest BCUT2D eigenvalue weighted by atomic mass is 9.95. The number of rotatable bonds is 6. The summed E-state index contributed by atoms with van der Waals surface area (Å²) < 4.78 is 3.08. The number of amides is 1. The number of Topliss-reactive ketones (excluding diaryl/α,β-unsaturated/α-hetero) is 1. The molecule has 1 aromatic heterocycles. The third-order valence-electron chi connectivity index (χ3n) is 5.86. The summed E-state index contributed by atoms with van der Waals surface area (Å²) in [6.07, 6.45) is 1.65. The smallest absolute Gasteiger partial charge is 0.325 e. The van der Waals surface area contributed by atoms with Crippen molar-refractivity contribution >= 4 is 17.4 Å². The Morgan fingerprint density at radius 1 is 1.03 bits per heavy atom. The first-order valence-corrected chi connectivity index (χ1v) is 10.8. The quantitative estimate of drug-likeness (QED) is 0.604. The van der Waals surface area contributed by atoms with Gasteiger partial charge < -0.3 is 5.32 Å². The zero-order valence-corrected chi connectivity index (χ0v) is 18.3. The van der Waals surface area contributed by atoms with Gasteiger partial charge in [-0.05, 0) is 69.3 Å². The maximum absolute atomic E-state index is 12.7. The molecular formula is C24H27N5O3. The van der Waals surface area contributed by atoms with E-state index >= 15 is 0 Å². The largest absolute Gasteiger partial charge is 0.350 e. The van der Waals surface area contributed by atoms with E-state index < -0.39 is 0 Å². The molecule has 1 N–H and O–H groups in total. The van der Waals surface area contributed by atoms with Crippen molar-refractivity contribution in [2.75, 3.05) is 25.0 Å². The second-order valence-electron chi connectivity index (χ2n) is 8.17. The fraction of sp³-hybridized carbons (Fsp3) is 0.333. The average Bonchev–Trinajstić information content (AvgIpc) is 3.09. The van der Waals surface area contributed by atoms with E-state index in [1.807, 2.05) is 30.3 Å². The van der Waals surface area contributed by atoms with Crippen LogP contribution in [0.3, 0.4) is 0 Å². The van der Waals surface area contributed by atoms with Crippen LogP contribution in [0.2, 0.25) is 0 Å². The molecule has 0 spiro atoms. The molecule has 0 unspecified atom stereocenters. The van der Waals surface area contributed by atoms with Crippen molar-refractivity contribution in [2.45, 2.75) is 25.7 Å². The molecule has 8 heteroatoms. The highest BCUT2D eigenvalue weighted by Gasteiger charge is 2.27. The molecule has 1 fully saturated rings. The highest BCUT2D eigenvalue weighted by Crippen LogP contribution is 2.27. The monoisotopic (exact) mass is 433 g/mol. The van der Waals surface area contributed by atoms with E-state index in [1.54, 1.807) is 35.9 Å². The minimum atomic E-state index is -0.149. The van der Waals surface area contributed by atoms with Gasteiger partial charge in [-0.1, -0.05) is 18.2 Å². The first-order valence-electron chi connectivity index (χ1n) is 10.8. The third kappa shape index (κ3) is 4.70. The molecule has 0 aliphatic carbocycles. The van der Waals surface area contributed by atoms with Gasteiger partial charge in [0.15, 0.2) is 5.78 Å². The predicted molar refractivity (Wildman–Crippen MR) is 122 cm³/mol. The van der Waals surface area contributed by atoms with Gasteiger partial charge in [0.1, 0.15) is 5.82 Å². The van der Waals surface area contributed by atoms with Crippen LogP contribution in [-0.2, 0) is 11.8 Å². The molecule has 1 amide bonds. The molecular weight excluding hydrogens is 406 g/mol. The summed E-state index contributed by atoms with van der Waals surface area (Å²) >= 11 is 0. The molecule has 166 valence electrons. The summed E-state index contributed by atoms with van der Waals surface area (Å²) in [6.45, 7) is 3.32. The van der Waals surface area contributed by atoms with Crippen LogP contribution in [0.25, 0.3) is 5.69 Å². The summed E-state index contributed by atoms with van der Waals surface area (Å²) in [5.41, 5.74) is 1.96. The highest BCUT2D eigenvalue weighted by molar-refractivity contribution is 5.96. The molecule has 32 heavy (non-hydrogen) atoms. The Labute approximate surface area is 186 Å². The van der Waals surface area contributed by atoms with E-state index in [0.717, 1.165) is 37.4 Å². The Morgan fingerprint density at radius 2 is 1.69 bits per heavy atom. The number of carbonyl (C=O) groups is 2. The molecule has 0 bridgehead atoms. The van der Waals surface area contributed by atoms with Crippen LogP contribution in [0.5, 0.6) is 0 Å². The first kappa shape index (κ1) is 21.7. The number of hydrogen-bond acceptors (Lipinski definition) is 5. The van der Waals surface area contributed by atoms with Gasteiger partial charge in [-0.15, -0.1) is 0 Å². The number of carbonyl (C=O) groups excluding carboxylic acids is 2. The van der Waals surface area contributed by atoms with E-state index in [0.29, 0.717) is 17.8 Å². The van der Waals surface area contributed by atoms with Gasteiger partial charge in [0.05, 0.1) is 12.2 Å². The number of aryl methyl sites for hydroxylation is 1. The Hall–Kier alpha value is -3.52. The van der Waals surface area contributed by atoms with Gasteiger partial charge >= 0.3 is 5.69 Å². The zero-order chi connectivity index (χ0) is 22.7. The normalized spacial score (nSPS) is 14.9. The number of nitrogens with one attached hydrogen (secondary N) is 1. The van der Waals surface area contributed by atoms with Crippen LogP contribution < -0.4 is 11.0 Å². The number of hydrogen-bond donors (Lipinski definition) is 1. The first-order chi connectivity index (χ1) is 15.4. The van der Waals surface area contributed by atoms with Gasteiger partial charge in [-0.2, -0.15) is 5.10 Å². The standard InChI is InChI=1S/C24H27N5O3/c1-17(30)18-8-10-20(11-9-18)25-22(31)16-28-14-12-19(13-15-28)23-26-27(2)24(32)29(23)21-6-4-3-5-7-21/h3-11,19H,12-16H2,1-2H3,(H,25,31). The van der Waals surface area contributed by atoms with E-state index in [-0.39, 0.29) is 23.3 Å². The van der Waals surface area contributed by atoms with E-state index in [2.05, 4.69) is 15.3 Å². The molecule has 8 nitrogen and oxygen atoms in total. The maximum atomic E-state index is 12.7. The Morgan fingerprint density at radius 3 is 2.31 bits per heavy atom. The van der Waals surface area contributed by atoms with Gasteiger partial charge in [0, 0.05) is 24.2 Å². The van der Waals surface area contributed by atoms with Crippen molar-refractivity contribution < 1.29 is 9.59 Å². The van der Waals surface area contributed by atoms with Crippen molar-refractivity contribution in [3.05, 3.63) is 76.5 Å². The molecule has 1 saturated heterocycles. The van der Waals surface area contributed by atoms with E-state index in [4.69, 9.17) is 0 Å². The van der Waals surface area contributed by atoms with Crippen molar-refractivity contribution in [2.24, 2.45) is 7.05 Å². The van der Waals surface area contributed by atoms with Gasteiger partial charge in [-0.3, -0.25) is 14.5 Å². The fourth-order valence-electron chi connectivity index (χ4n) is 4.11. The van der Waals surface area contributed by atoms with Crippen LogP contribution in [0, 0.1) is 0 Å². The molecule has 0 saturated carbocycles. The van der Waals surface area contributed by atoms with Crippen LogP contribution in [0.15, 0.2) is 59.4 Å². The molecule has 0 radical (unpaired) electrons. The van der Waals surface area contributed by atoms with Crippen molar-refractivity contribution in [3.63, 3.8) is 0 Å². The second-order valence-corrected chi connectivity index (χ2v) is 8.17. The van der Waals surface area contributed by atoms with Gasteiger partial charge in [0.2, 0.25) is 5.91 Å². The Kier molecular flexibility index (Phi) is 6.32. The number of aromatic nitrogens is 3. The lowest BCUT2D eigenvalue weighted by Gasteiger charge is -2.31. The summed E-state index contributed by atoms with van der Waals surface area (Å²) in [5, 5.41) is 7.40. The number of nitrogens with zero attached hydrogens (tertiary/aromatic N) is 4. The molecule has 4 rings (SSSR count). The number of ketones is 1. The van der Waals surface area contributed by atoms with Crippen molar-refractivity contribution in [3.8, 4) is 5.69 Å². The SMILES string of the molecule is CC(=O)c1ccc(NC(=O)CN2CCC(c3nn(C)c(=O)n3-c3ccccc3)CC2)cc1. The lowest BCUT2D eigenvalue weighted by molar-refractivity contribution is -0.117. The number of benzene rings is 2. The number of para-hydroxylation sites is 1. The Bertz CT molecular complexity index is 1160. The van der Waals surface area contributed by atoms with Crippen LogP contribution >= 0.6 is 0 Å². The van der Waals surface area contributed by atoms with E-state index in [9.17, 15) is 14.4 Å². The topological polar surface area (TPSA) is 89.2 Å². The van der Waals surface area contributed by atoms with Crippen molar-refractivity contribution in [1.82, 2.24) is 19.2 Å². The zero-order valence-electron chi connectivity index (χ0n) is 18.3. The Balaban J connectivity index is 1.37. The summed E-state index contributed by atoms with van der Waals surface area (Å²) in [7, 11) is 1.67. The van der Waals surface area contributed by atoms with Gasteiger partial charge in [0.25, 0.3) is 0 Å². The number of likely N-dealkylation sites (tertiary alicyclic amines) is 1. The molecule has 2 heterocycles. The number of anilines is 1. The summed E-state index contributed by atoms with van der Waals surface area (Å²) in [5.74, 6) is 0.843. The molecule has 2 aromatic carbocycles. The minimum Gasteiger partial charge on any atom is -0.325 e. The van der Waals surface area contributed by atoms with Crippen molar-refractivity contribution in [1.29, 1.82) is 0 Å². The second kappa shape index (κ2) is 9.32. The lowest BCUT2D eigenvalue weighted by Crippen LogP contribution is -2.39. The average molecular weight is 434 g/mol. The predicted octanol–water partition coefficient (Wildman–Crippen LogP) is 2.59. The molecule has 0 atom stereocenters. The highest BCUT2D eigenvalue weighted by atomic mass is 16.2. The molecule has 3 aromatic rings. The molecule has 1 aliphatic rings. The van der Waals surface area contributed by atoms with Crippen LogP contribution in [0.1, 0.15) is 41.9 Å². The molecule has 1 aliphatic heterocycles. The fourth-order valence-corrected chi connectivity index (χ4v) is 4.11. The van der Waals surface area contributed by atoms with Gasteiger partial charge in [-0.25, -0.2) is 14.0 Å². The summed E-state index contributed by atoms with van der Waals surface area (Å²) in [6, 6.07) is 16.5. The summed E-state index contributed by atoms with van der Waals surface area (Å²) in [4.78, 5) is 38.6.